The van der Waals surface area contributed by atoms with E-state index in [1.54, 1.807) is 29.2 Å². The molecule has 2 aromatic rings. The van der Waals surface area contributed by atoms with Gasteiger partial charge in [0.1, 0.15) is 0 Å². The number of hydrogen-bond donors (Lipinski definition) is 2. The maximum absolute atomic E-state index is 13.0. The highest BCUT2D eigenvalue weighted by atomic mass is 35.5. The Bertz CT molecular complexity index is 843. The molecule has 0 radical (unpaired) electrons. The molecule has 0 spiro atoms. The summed E-state index contributed by atoms with van der Waals surface area (Å²) in [7, 11) is 0. The van der Waals surface area contributed by atoms with E-state index in [2.05, 4.69) is 5.43 Å². The summed E-state index contributed by atoms with van der Waals surface area (Å²) in [4.78, 5) is 38.3. The Labute approximate surface area is 176 Å². The van der Waals surface area contributed by atoms with Crippen molar-refractivity contribution in [3.8, 4) is 0 Å². The van der Waals surface area contributed by atoms with Crippen molar-refractivity contribution in [2.45, 2.75) is 25.8 Å². The normalized spacial score (nSPS) is 13.5. The van der Waals surface area contributed by atoms with E-state index in [0.29, 0.717) is 37.3 Å². The molecule has 3 rings (SSSR count). The maximum atomic E-state index is 13.0. The van der Waals surface area contributed by atoms with Crippen LogP contribution in [0.4, 0.5) is 5.69 Å². The van der Waals surface area contributed by atoms with Gasteiger partial charge in [0.2, 0.25) is 11.8 Å². The summed E-state index contributed by atoms with van der Waals surface area (Å²) in [5.41, 5.74) is 10.3. The number of benzene rings is 2. The first-order valence-corrected chi connectivity index (χ1v) is 9.34. The van der Waals surface area contributed by atoms with E-state index in [0.717, 1.165) is 5.56 Å². The molecule has 0 aromatic heterocycles. The molecule has 1 aliphatic rings. The van der Waals surface area contributed by atoms with Gasteiger partial charge in [-0.25, -0.2) is 5.01 Å². The molecule has 3 N–H and O–H groups in total. The highest BCUT2D eigenvalue weighted by molar-refractivity contribution is 6.01. The lowest BCUT2D eigenvalue weighted by atomic mass is 10.1. The van der Waals surface area contributed by atoms with E-state index in [-0.39, 0.29) is 43.0 Å². The lowest BCUT2D eigenvalue weighted by Crippen LogP contribution is -2.50. The fourth-order valence-corrected chi connectivity index (χ4v) is 3.06. The molecule has 0 bridgehead atoms. The van der Waals surface area contributed by atoms with Crippen LogP contribution in [0.15, 0.2) is 54.6 Å². The predicted molar refractivity (Wildman–Crippen MR) is 113 cm³/mol. The molecule has 7 nitrogen and oxygen atoms in total. The van der Waals surface area contributed by atoms with Crippen LogP contribution < -0.4 is 16.2 Å². The zero-order valence-corrected chi connectivity index (χ0v) is 16.9. The van der Waals surface area contributed by atoms with Crippen LogP contribution in [0, 0.1) is 0 Å². The number of rotatable bonds is 7. The van der Waals surface area contributed by atoms with E-state index in [1.165, 1.54) is 5.01 Å². The average Bonchev–Trinajstić information content (AvgIpc) is 2.73. The Kier molecular flexibility index (Phi) is 8.18. The fourth-order valence-electron chi connectivity index (χ4n) is 3.06. The van der Waals surface area contributed by atoms with Gasteiger partial charge >= 0.3 is 0 Å². The van der Waals surface area contributed by atoms with Gasteiger partial charge in [0.05, 0.1) is 5.69 Å². The molecule has 3 amide bonds. The number of nitrogens with two attached hydrogens (primary N) is 1. The summed E-state index contributed by atoms with van der Waals surface area (Å²) in [5.74, 6) is -0.472. The van der Waals surface area contributed by atoms with Gasteiger partial charge in [0.15, 0.2) is 0 Å². The van der Waals surface area contributed by atoms with Gasteiger partial charge in [0, 0.05) is 31.5 Å². The molecular formula is C21H25ClN4O3. The molecule has 1 fully saturated rings. The van der Waals surface area contributed by atoms with Crippen LogP contribution in [-0.2, 0) is 16.1 Å². The van der Waals surface area contributed by atoms with Crippen LogP contribution in [-0.4, -0.2) is 35.7 Å². The average molecular weight is 417 g/mol. The van der Waals surface area contributed by atoms with E-state index < -0.39 is 0 Å². The Morgan fingerprint density at radius 1 is 1.03 bits per heavy atom. The van der Waals surface area contributed by atoms with Gasteiger partial charge in [-0.3, -0.25) is 19.8 Å². The number of carbonyl (C=O) groups is 3. The molecule has 8 heteroatoms. The van der Waals surface area contributed by atoms with E-state index >= 15 is 0 Å². The van der Waals surface area contributed by atoms with Gasteiger partial charge in [-0.15, -0.1) is 12.4 Å². The Morgan fingerprint density at radius 2 is 1.72 bits per heavy atom. The quantitative estimate of drug-likeness (QED) is 0.723. The van der Waals surface area contributed by atoms with Crippen molar-refractivity contribution in [2.75, 3.05) is 18.1 Å². The highest BCUT2D eigenvalue weighted by Gasteiger charge is 2.24. The van der Waals surface area contributed by atoms with Crippen molar-refractivity contribution < 1.29 is 14.4 Å². The minimum Gasteiger partial charge on any atom is -0.334 e. The second kappa shape index (κ2) is 10.6. The summed E-state index contributed by atoms with van der Waals surface area (Å²) < 4.78 is 0. The first-order chi connectivity index (χ1) is 13.6. The lowest BCUT2D eigenvalue weighted by Gasteiger charge is -2.27. The summed E-state index contributed by atoms with van der Waals surface area (Å²) in [5, 5.41) is 1.23. The summed E-state index contributed by atoms with van der Waals surface area (Å²) in [6.45, 7) is 1.57. The van der Waals surface area contributed by atoms with Crippen molar-refractivity contribution in [3.05, 3.63) is 65.7 Å². The third-order valence-corrected chi connectivity index (χ3v) is 4.56. The van der Waals surface area contributed by atoms with Gasteiger partial charge in [-0.2, -0.15) is 0 Å². The smallest absolute Gasteiger partial charge is 0.254 e. The third kappa shape index (κ3) is 5.79. The Balaban J connectivity index is 0.00000300. The first-order valence-electron chi connectivity index (χ1n) is 9.34. The zero-order valence-electron chi connectivity index (χ0n) is 16.0. The Hall–Kier alpha value is -2.90. The largest absolute Gasteiger partial charge is 0.334 e. The molecule has 0 unspecified atom stereocenters. The van der Waals surface area contributed by atoms with Crippen LogP contribution in [0.3, 0.4) is 0 Å². The first kappa shape index (κ1) is 22.4. The topological polar surface area (TPSA) is 95.7 Å². The fraction of sp³-hybridized carbons (Fsp3) is 0.286. The zero-order chi connectivity index (χ0) is 19.9. The molecule has 2 aromatic carbocycles. The summed E-state index contributed by atoms with van der Waals surface area (Å²) in [6.07, 6.45) is 1.09. The molecule has 29 heavy (non-hydrogen) atoms. The SMILES string of the molecule is Cl.NCCCN(Cc1ccccc1)C(=O)c1ccc(N2NC(=O)CCC2=O)cc1. The van der Waals surface area contributed by atoms with Gasteiger partial charge in [0.25, 0.3) is 5.91 Å². The van der Waals surface area contributed by atoms with Crippen molar-refractivity contribution in [3.63, 3.8) is 0 Å². The number of hydrogen-bond acceptors (Lipinski definition) is 4. The van der Waals surface area contributed by atoms with E-state index in [1.807, 2.05) is 30.3 Å². The van der Waals surface area contributed by atoms with Crippen LogP contribution in [0.1, 0.15) is 35.2 Å². The molecule has 1 heterocycles. The predicted octanol–water partition coefficient (Wildman–Crippen LogP) is 2.26. The number of hydrazine groups is 1. The number of nitrogens with zero attached hydrogens (tertiary/aromatic N) is 2. The van der Waals surface area contributed by atoms with Crippen molar-refractivity contribution in [2.24, 2.45) is 5.73 Å². The number of carbonyl (C=O) groups excluding carboxylic acids is 3. The number of anilines is 1. The Morgan fingerprint density at radius 3 is 2.38 bits per heavy atom. The maximum Gasteiger partial charge on any atom is 0.254 e. The lowest BCUT2D eigenvalue weighted by molar-refractivity contribution is -0.130. The van der Waals surface area contributed by atoms with E-state index in [4.69, 9.17) is 5.73 Å². The van der Waals surface area contributed by atoms with Crippen molar-refractivity contribution in [1.82, 2.24) is 10.3 Å². The molecule has 154 valence electrons. The molecule has 0 aliphatic carbocycles. The minimum atomic E-state index is -0.199. The van der Waals surface area contributed by atoms with E-state index in [9.17, 15) is 14.4 Å². The number of halogens is 1. The second-order valence-corrected chi connectivity index (χ2v) is 6.67. The third-order valence-electron chi connectivity index (χ3n) is 4.56. The van der Waals surface area contributed by atoms with Gasteiger partial charge in [-0.05, 0) is 42.8 Å². The number of nitrogens with one attached hydrogen (secondary N) is 1. The molecule has 0 atom stereocenters. The standard InChI is InChI=1S/C21H24N4O3.ClH/c22-13-4-14-24(15-16-5-2-1-3-6-16)21(28)17-7-9-18(10-8-17)25-20(27)12-11-19(26)23-25;/h1-3,5-10H,4,11-15,22H2,(H,23,26);1H. The van der Waals surface area contributed by atoms with Crippen molar-refractivity contribution in [1.29, 1.82) is 0 Å². The van der Waals surface area contributed by atoms with Crippen LogP contribution in [0.5, 0.6) is 0 Å². The summed E-state index contributed by atoms with van der Waals surface area (Å²) >= 11 is 0. The van der Waals surface area contributed by atoms with Gasteiger partial charge < -0.3 is 10.6 Å². The monoisotopic (exact) mass is 416 g/mol. The molecular weight excluding hydrogens is 392 g/mol. The number of amides is 3. The van der Waals surface area contributed by atoms with Gasteiger partial charge in [-0.1, -0.05) is 30.3 Å². The summed E-state index contributed by atoms with van der Waals surface area (Å²) in [6, 6.07) is 16.5. The molecule has 0 saturated carbocycles. The molecule has 1 aliphatic heterocycles. The van der Waals surface area contributed by atoms with Crippen LogP contribution in [0.25, 0.3) is 0 Å². The molecule has 1 saturated heterocycles. The second-order valence-electron chi connectivity index (χ2n) is 6.67. The highest BCUT2D eigenvalue weighted by Crippen LogP contribution is 2.19. The van der Waals surface area contributed by atoms with Crippen LogP contribution >= 0.6 is 12.4 Å². The van der Waals surface area contributed by atoms with Crippen molar-refractivity contribution >= 4 is 35.8 Å². The van der Waals surface area contributed by atoms with Crippen LogP contribution in [0.2, 0.25) is 0 Å². The minimum absolute atomic E-state index is 0.